The molecule has 0 fully saturated rings. The van der Waals surface area contributed by atoms with Crippen molar-refractivity contribution in [2.45, 2.75) is 39.2 Å². The number of ketones is 1. The molecule has 0 saturated heterocycles. The molecule has 0 amide bonds. The zero-order chi connectivity index (χ0) is 14.8. The summed E-state index contributed by atoms with van der Waals surface area (Å²) in [6, 6.07) is 7.62. The van der Waals surface area contributed by atoms with E-state index in [1.54, 1.807) is 13.8 Å². The maximum Gasteiger partial charge on any atom is 0.216 e. The summed E-state index contributed by atoms with van der Waals surface area (Å²) in [6.45, 7) is 6.40. The Morgan fingerprint density at radius 1 is 1.25 bits per heavy atom. The van der Waals surface area contributed by atoms with Crippen LogP contribution in [0.4, 0.5) is 0 Å². The molecule has 0 aromatic heterocycles. The van der Waals surface area contributed by atoms with Crippen LogP contribution in [0.3, 0.4) is 0 Å². The second-order valence-corrected chi connectivity index (χ2v) is 6.10. The van der Waals surface area contributed by atoms with Crippen LogP contribution in [-0.4, -0.2) is 18.0 Å². The van der Waals surface area contributed by atoms with Crippen LogP contribution in [0.15, 0.2) is 28.7 Å². The molecule has 0 atom stereocenters. The molecule has 0 N–H and O–H groups in total. The van der Waals surface area contributed by atoms with Crippen molar-refractivity contribution in [3.63, 3.8) is 0 Å². The average molecular weight is 339 g/mol. The van der Waals surface area contributed by atoms with Crippen LogP contribution in [0.5, 0.6) is 5.75 Å². The summed E-state index contributed by atoms with van der Waals surface area (Å²) >= 11 is 3.33. The van der Waals surface area contributed by atoms with E-state index in [-0.39, 0.29) is 5.78 Å². The Morgan fingerprint density at radius 3 is 2.40 bits per heavy atom. The van der Waals surface area contributed by atoms with Gasteiger partial charge in [-0.2, -0.15) is 0 Å². The fraction of sp³-hybridized carbons (Fsp3) is 0.438. The molecule has 2 rings (SSSR count). The molecule has 0 saturated carbocycles. The number of Topliss-reactive ketones (excluding diaryl/α,β-unsaturated/α-hetero) is 1. The van der Waals surface area contributed by atoms with Crippen molar-refractivity contribution in [2.24, 2.45) is 0 Å². The smallest absolute Gasteiger partial charge is 0.216 e. The molecule has 1 aromatic rings. The minimum absolute atomic E-state index is 0.0317. The van der Waals surface area contributed by atoms with Crippen LogP contribution in [0.25, 0.3) is 5.76 Å². The van der Waals surface area contributed by atoms with Gasteiger partial charge in [0.05, 0.1) is 6.61 Å². The van der Waals surface area contributed by atoms with Crippen molar-refractivity contribution in [1.82, 2.24) is 0 Å². The summed E-state index contributed by atoms with van der Waals surface area (Å²) in [6.07, 6.45) is 2.16. The molecule has 108 valence electrons. The predicted molar refractivity (Wildman–Crippen MR) is 82.9 cm³/mol. The zero-order valence-electron chi connectivity index (χ0n) is 12.0. The van der Waals surface area contributed by atoms with Gasteiger partial charge in [0, 0.05) is 5.56 Å². The minimum atomic E-state index is -0.801. The van der Waals surface area contributed by atoms with Crippen LogP contribution >= 0.6 is 15.9 Å². The summed E-state index contributed by atoms with van der Waals surface area (Å²) < 4.78 is 11.9. The summed E-state index contributed by atoms with van der Waals surface area (Å²) in [5.41, 5.74) is 0.0726. The van der Waals surface area contributed by atoms with Crippen LogP contribution in [0.2, 0.25) is 0 Å². The number of ether oxygens (including phenoxy) is 2. The lowest BCUT2D eigenvalue weighted by Crippen LogP contribution is -2.28. The number of benzene rings is 1. The number of carbonyl (C=O) groups is 1. The molecule has 1 aliphatic heterocycles. The molecular formula is C16H19BrO3. The standard InChI is InChI=1S/C16H19BrO3/c1-4-5-10-19-12-8-6-11(7-9-12)14-13(17)15(18)16(2,3)20-14/h6-9H,4-5,10H2,1-3H3. The highest BCUT2D eigenvalue weighted by Crippen LogP contribution is 2.39. The van der Waals surface area contributed by atoms with Crippen LogP contribution in [0, 0.1) is 0 Å². The number of hydrogen-bond donors (Lipinski definition) is 0. The largest absolute Gasteiger partial charge is 0.494 e. The third kappa shape index (κ3) is 3.06. The van der Waals surface area contributed by atoms with Crippen molar-refractivity contribution < 1.29 is 14.3 Å². The van der Waals surface area contributed by atoms with Crippen LogP contribution in [0.1, 0.15) is 39.2 Å². The van der Waals surface area contributed by atoms with Gasteiger partial charge in [-0.15, -0.1) is 0 Å². The molecule has 0 radical (unpaired) electrons. The van der Waals surface area contributed by atoms with Gasteiger partial charge >= 0.3 is 0 Å². The molecular weight excluding hydrogens is 320 g/mol. The van der Waals surface area contributed by atoms with Gasteiger partial charge in [0.1, 0.15) is 16.0 Å². The topological polar surface area (TPSA) is 35.5 Å². The molecule has 1 heterocycles. The Balaban J connectivity index is 2.13. The predicted octanol–water partition coefficient (Wildman–Crippen LogP) is 4.31. The SMILES string of the molecule is CCCCOc1ccc(C2=C(Br)C(=O)C(C)(C)O2)cc1. The first kappa shape index (κ1) is 15.1. The number of rotatable bonds is 5. The second-order valence-electron chi connectivity index (χ2n) is 5.31. The summed E-state index contributed by atoms with van der Waals surface area (Å²) in [4.78, 5) is 12.0. The molecule has 0 aliphatic carbocycles. The van der Waals surface area contributed by atoms with E-state index in [0.29, 0.717) is 10.2 Å². The Hall–Kier alpha value is -1.29. The summed E-state index contributed by atoms with van der Waals surface area (Å²) in [7, 11) is 0. The third-order valence-corrected chi connectivity index (χ3v) is 3.91. The van der Waals surface area contributed by atoms with Gasteiger partial charge in [-0.3, -0.25) is 4.79 Å². The van der Waals surface area contributed by atoms with E-state index in [1.165, 1.54) is 0 Å². The molecule has 3 nitrogen and oxygen atoms in total. The first-order valence-electron chi connectivity index (χ1n) is 6.82. The number of carbonyl (C=O) groups excluding carboxylic acids is 1. The van der Waals surface area contributed by atoms with E-state index in [9.17, 15) is 4.79 Å². The lowest BCUT2D eigenvalue weighted by Gasteiger charge is -2.17. The van der Waals surface area contributed by atoms with Gasteiger partial charge in [-0.25, -0.2) is 0 Å². The van der Waals surface area contributed by atoms with Gasteiger partial charge in [0.2, 0.25) is 5.78 Å². The van der Waals surface area contributed by atoms with Crippen LogP contribution < -0.4 is 4.74 Å². The fourth-order valence-corrected chi connectivity index (χ4v) is 2.72. The van der Waals surface area contributed by atoms with Crippen molar-refractivity contribution >= 4 is 27.5 Å². The highest BCUT2D eigenvalue weighted by Gasteiger charge is 2.41. The van der Waals surface area contributed by atoms with Gasteiger partial charge < -0.3 is 9.47 Å². The van der Waals surface area contributed by atoms with Crippen LogP contribution in [-0.2, 0) is 9.53 Å². The van der Waals surface area contributed by atoms with E-state index in [2.05, 4.69) is 22.9 Å². The molecule has 1 aliphatic rings. The molecule has 0 bridgehead atoms. The average Bonchev–Trinajstić information content (AvgIpc) is 2.64. The molecule has 1 aromatic carbocycles. The maximum atomic E-state index is 12.0. The molecule has 0 spiro atoms. The Bertz CT molecular complexity index is 529. The van der Waals surface area contributed by atoms with Crippen molar-refractivity contribution in [3.05, 3.63) is 34.3 Å². The first-order valence-corrected chi connectivity index (χ1v) is 7.62. The normalized spacial score (nSPS) is 17.3. The van der Waals surface area contributed by atoms with Crippen molar-refractivity contribution in [2.75, 3.05) is 6.61 Å². The molecule has 20 heavy (non-hydrogen) atoms. The Kier molecular flexibility index (Phi) is 4.53. The van der Waals surface area contributed by atoms with Gasteiger partial charge in [0.25, 0.3) is 0 Å². The number of unbranched alkanes of at least 4 members (excludes halogenated alkanes) is 1. The van der Waals surface area contributed by atoms with Crippen molar-refractivity contribution in [1.29, 1.82) is 0 Å². The lowest BCUT2D eigenvalue weighted by atomic mass is 10.1. The van der Waals surface area contributed by atoms with Gasteiger partial charge in [0.15, 0.2) is 5.60 Å². The molecule has 0 unspecified atom stereocenters. The quantitative estimate of drug-likeness (QED) is 0.750. The first-order chi connectivity index (χ1) is 9.45. The van der Waals surface area contributed by atoms with E-state index in [1.807, 2.05) is 24.3 Å². The van der Waals surface area contributed by atoms with E-state index in [4.69, 9.17) is 9.47 Å². The number of hydrogen-bond acceptors (Lipinski definition) is 3. The van der Waals surface area contributed by atoms with Gasteiger partial charge in [-0.1, -0.05) is 13.3 Å². The van der Waals surface area contributed by atoms with Crippen molar-refractivity contribution in [3.8, 4) is 5.75 Å². The highest BCUT2D eigenvalue weighted by atomic mass is 79.9. The van der Waals surface area contributed by atoms with E-state index < -0.39 is 5.60 Å². The maximum absolute atomic E-state index is 12.0. The van der Waals surface area contributed by atoms with Gasteiger partial charge in [-0.05, 0) is 60.5 Å². The fourth-order valence-electron chi connectivity index (χ4n) is 1.94. The monoisotopic (exact) mass is 338 g/mol. The second kappa shape index (κ2) is 6.00. The van der Waals surface area contributed by atoms with E-state index in [0.717, 1.165) is 30.8 Å². The van der Waals surface area contributed by atoms with E-state index >= 15 is 0 Å². The lowest BCUT2D eigenvalue weighted by molar-refractivity contribution is -0.125. The summed E-state index contributed by atoms with van der Waals surface area (Å²) in [5, 5.41) is 0. The Labute approximate surface area is 128 Å². The summed E-state index contributed by atoms with van der Waals surface area (Å²) in [5.74, 6) is 1.40. The highest BCUT2D eigenvalue weighted by molar-refractivity contribution is 9.12. The molecule has 4 heteroatoms. The Morgan fingerprint density at radius 2 is 1.90 bits per heavy atom. The minimum Gasteiger partial charge on any atom is -0.494 e. The third-order valence-electron chi connectivity index (χ3n) is 3.19. The zero-order valence-corrected chi connectivity index (χ0v) is 13.6. The number of halogens is 1.